The fraction of sp³-hybridized carbons (Fsp3) is 0.816. The Morgan fingerprint density at radius 3 is 2.38 bits per heavy atom. The molecular formula is C38H56N2O5S2. The molecule has 0 spiro atoms. The zero-order chi connectivity index (χ0) is 34.4. The predicted octanol–water partition coefficient (Wildman–Crippen LogP) is 8.50. The highest BCUT2D eigenvalue weighted by molar-refractivity contribution is 8.24. The first kappa shape index (κ1) is 35.1. The molecule has 0 unspecified atom stereocenters. The van der Waals surface area contributed by atoms with Gasteiger partial charge in [0, 0.05) is 5.41 Å². The van der Waals surface area contributed by atoms with Crippen LogP contribution in [0, 0.1) is 50.2 Å². The number of oxime groups is 1. The molecule has 8 atom stereocenters. The standard InChI is InChI=1S/C38H56N2O5S2/c1-10-25-30(42)40(32(46)47-25)22-29(41)45-39-28-14-15-35(6)26(34(28,4)5)13-16-37(8)27(35)12-11-23-24-21-33(2,3)17-19-38(24,31(43)44-9)20-18-36(23,37)7/h11,24-27H,10,12-22H2,1-9H3/b39-28-/t24-,25+,26+,27-,35+,36-,37-,38+/m1/s1. The maximum Gasteiger partial charge on any atom is 0.354 e. The summed E-state index contributed by atoms with van der Waals surface area (Å²) in [6.45, 7) is 18.7. The number of ether oxygens (including phenoxy) is 1. The Labute approximate surface area is 291 Å². The molecule has 0 N–H and O–H groups in total. The van der Waals surface area contributed by atoms with Crippen molar-refractivity contribution < 1.29 is 24.0 Å². The first-order valence-electron chi connectivity index (χ1n) is 18.0. The van der Waals surface area contributed by atoms with E-state index in [2.05, 4.69) is 59.7 Å². The molecule has 1 saturated heterocycles. The van der Waals surface area contributed by atoms with Crippen LogP contribution in [0.5, 0.6) is 0 Å². The van der Waals surface area contributed by atoms with Crippen molar-refractivity contribution in [1.29, 1.82) is 0 Å². The van der Waals surface area contributed by atoms with Crippen LogP contribution in [-0.4, -0.2) is 51.7 Å². The summed E-state index contributed by atoms with van der Waals surface area (Å²) in [5.41, 5.74) is 2.34. The fourth-order valence-electron chi connectivity index (χ4n) is 12.0. The highest BCUT2D eigenvalue weighted by atomic mass is 32.2. The van der Waals surface area contributed by atoms with Crippen molar-refractivity contribution in [3.63, 3.8) is 0 Å². The van der Waals surface area contributed by atoms with Crippen molar-refractivity contribution in [3.05, 3.63) is 11.6 Å². The summed E-state index contributed by atoms with van der Waals surface area (Å²) in [7, 11) is 1.57. The van der Waals surface area contributed by atoms with Crippen molar-refractivity contribution in [1.82, 2.24) is 4.90 Å². The smallest absolute Gasteiger partial charge is 0.354 e. The normalized spacial score (nSPS) is 42.9. The first-order chi connectivity index (χ1) is 21.9. The van der Waals surface area contributed by atoms with Crippen LogP contribution in [0.2, 0.25) is 0 Å². The molecule has 0 radical (unpaired) electrons. The zero-order valence-corrected chi connectivity index (χ0v) is 31.8. The molecule has 0 aromatic carbocycles. The lowest BCUT2D eigenvalue weighted by Crippen LogP contribution is -2.64. The van der Waals surface area contributed by atoms with E-state index in [0.29, 0.717) is 22.6 Å². The number of thiocarbonyl (C=S) groups is 1. The summed E-state index contributed by atoms with van der Waals surface area (Å²) in [4.78, 5) is 45.9. The number of nitrogens with zero attached hydrogens (tertiary/aromatic N) is 2. The van der Waals surface area contributed by atoms with E-state index in [1.807, 2.05) is 6.92 Å². The van der Waals surface area contributed by atoms with Gasteiger partial charge in [-0.2, -0.15) is 0 Å². The molecule has 6 aliphatic rings. The van der Waals surface area contributed by atoms with Crippen LogP contribution < -0.4 is 0 Å². The van der Waals surface area contributed by atoms with Crippen molar-refractivity contribution in [3.8, 4) is 0 Å². The van der Waals surface area contributed by atoms with Gasteiger partial charge in [-0.05, 0) is 110 Å². The lowest BCUT2D eigenvalue weighted by Gasteiger charge is -2.70. The SMILES string of the molecule is CC[C@@H]1SC(=S)N(CC(=O)O/N=C2/CC[C@]3(C)[C@H]4CC=C5[C@H]6CC(C)(C)CC[C@]6(C(=O)OC)CC[C@@]5(C)[C@]4(C)CC[C@H]3C2(C)C)C1=O. The third-order valence-electron chi connectivity index (χ3n) is 14.9. The Kier molecular flexibility index (Phi) is 8.71. The van der Waals surface area contributed by atoms with Crippen molar-refractivity contribution in [2.75, 3.05) is 13.7 Å². The fourth-order valence-corrected chi connectivity index (χ4v) is 13.4. The predicted molar refractivity (Wildman–Crippen MR) is 191 cm³/mol. The number of methoxy groups -OCH3 is 1. The molecule has 0 aromatic rings. The third kappa shape index (κ3) is 5.12. The van der Waals surface area contributed by atoms with Gasteiger partial charge < -0.3 is 9.57 Å². The van der Waals surface area contributed by atoms with E-state index in [1.54, 1.807) is 12.7 Å². The number of carbonyl (C=O) groups excluding carboxylic acids is 3. The second-order valence-corrected chi connectivity index (χ2v) is 19.6. The van der Waals surface area contributed by atoms with E-state index >= 15 is 0 Å². The summed E-state index contributed by atoms with van der Waals surface area (Å²) in [6, 6.07) is 0. The van der Waals surface area contributed by atoms with Gasteiger partial charge in [0.05, 0.1) is 23.5 Å². The molecule has 4 saturated carbocycles. The average Bonchev–Trinajstić information content (AvgIpc) is 3.27. The molecule has 1 aliphatic heterocycles. The molecule has 47 heavy (non-hydrogen) atoms. The highest BCUT2D eigenvalue weighted by Gasteiger charge is 2.69. The zero-order valence-electron chi connectivity index (χ0n) is 30.1. The van der Waals surface area contributed by atoms with Crippen LogP contribution in [0.15, 0.2) is 16.8 Å². The lowest BCUT2D eigenvalue weighted by atomic mass is 9.33. The topological polar surface area (TPSA) is 85.3 Å². The molecule has 7 nitrogen and oxygen atoms in total. The average molecular weight is 685 g/mol. The Morgan fingerprint density at radius 1 is 1.02 bits per heavy atom. The summed E-state index contributed by atoms with van der Waals surface area (Å²) >= 11 is 6.70. The van der Waals surface area contributed by atoms with E-state index < -0.39 is 5.97 Å². The highest BCUT2D eigenvalue weighted by Crippen LogP contribution is 2.75. The van der Waals surface area contributed by atoms with Gasteiger partial charge >= 0.3 is 11.9 Å². The van der Waals surface area contributed by atoms with Crippen LogP contribution >= 0.6 is 24.0 Å². The number of esters is 1. The molecule has 5 fully saturated rings. The summed E-state index contributed by atoms with van der Waals surface area (Å²) < 4.78 is 5.97. The molecular weight excluding hydrogens is 629 g/mol. The Hall–Kier alpha value is -1.74. The van der Waals surface area contributed by atoms with E-state index in [4.69, 9.17) is 21.8 Å². The van der Waals surface area contributed by atoms with Crippen molar-refractivity contribution >= 4 is 51.9 Å². The van der Waals surface area contributed by atoms with Crippen LogP contribution in [0.25, 0.3) is 0 Å². The molecule has 6 rings (SSSR count). The number of hydrogen-bond donors (Lipinski definition) is 0. The summed E-state index contributed by atoms with van der Waals surface area (Å²) in [5, 5.41) is 4.28. The van der Waals surface area contributed by atoms with Gasteiger partial charge in [0.15, 0.2) is 0 Å². The quantitative estimate of drug-likeness (QED) is 0.0944. The largest absolute Gasteiger partial charge is 0.469 e. The van der Waals surface area contributed by atoms with E-state index in [9.17, 15) is 14.4 Å². The second kappa shape index (κ2) is 11.7. The number of amides is 1. The Morgan fingerprint density at radius 2 is 1.72 bits per heavy atom. The molecule has 1 heterocycles. The number of hydrogen-bond acceptors (Lipinski definition) is 8. The third-order valence-corrected chi connectivity index (χ3v) is 16.7. The maximum absolute atomic E-state index is 13.5. The molecule has 0 aromatic heterocycles. The molecule has 260 valence electrons. The minimum Gasteiger partial charge on any atom is -0.469 e. The molecule has 9 heteroatoms. The van der Waals surface area contributed by atoms with Gasteiger partial charge in [-0.3, -0.25) is 14.5 Å². The number of fused-ring (bicyclic) bond motifs is 7. The maximum atomic E-state index is 13.5. The first-order valence-corrected chi connectivity index (χ1v) is 19.3. The van der Waals surface area contributed by atoms with Gasteiger partial charge in [-0.25, -0.2) is 4.79 Å². The van der Waals surface area contributed by atoms with Gasteiger partial charge in [0.2, 0.25) is 5.91 Å². The number of thioether (sulfide) groups is 1. The minimum atomic E-state index is -0.546. The van der Waals surface area contributed by atoms with E-state index in [-0.39, 0.29) is 62.1 Å². The van der Waals surface area contributed by atoms with Crippen molar-refractivity contribution in [2.24, 2.45) is 55.4 Å². The minimum absolute atomic E-state index is 0.00391. The summed E-state index contributed by atoms with van der Waals surface area (Å²) in [6.07, 6.45) is 13.3. The van der Waals surface area contributed by atoms with Gasteiger partial charge in [-0.1, -0.05) is 96.2 Å². The Bertz CT molecular complexity index is 1440. The van der Waals surface area contributed by atoms with Gasteiger partial charge in [-0.15, -0.1) is 0 Å². The molecule has 5 aliphatic carbocycles. The van der Waals surface area contributed by atoms with Crippen LogP contribution in [0.4, 0.5) is 0 Å². The molecule has 0 bridgehead atoms. The lowest BCUT2D eigenvalue weighted by molar-refractivity contribution is -0.181. The monoisotopic (exact) mass is 684 g/mol. The van der Waals surface area contributed by atoms with Crippen LogP contribution in [0.3, 0.4) is 0 Å². The van der Waals surface area contributed by atoms with Gasteiger partial charge in [0.25, 0.3) is 0 Å². The molecule has 1 amide bonds. The number of rotatable bonds is 5. The second-order valence-electron chi connectivity index (χ2n) is 17.8. The van der Waals surface area contributed by atoms with E-state index in [0.717, 1.165) is 69.9 Å². The van der Waals surface area contributed by atoms with E-state index in [1.165, 1.54) is 16.7 Å². The summed E-state index contributed by atoms with van der Waals surface area (Å²) in [5.74, 6) is 0.497. The Balaban J connectivity index is 1.25. The van der Waals surface area contributed by atoms with Crippen molar-refractivity contribution in [2.45, 2.75) is 131 Å². The number of carbonyl (C=O) groups is 3. The van der Waals surface area contributed by atoms with Gasteiger partial charge in [0.1, 0.15) is 10.9 Å². The van der Waals surface area contributed by atoms with Crippen LogP contribution in [-0.2, 0) is 24.0 Å². The van der Waals surface area contributed by atoms with Crippen LogP contribution in [0.1, 0.15) is 126 Å². The number of allylic oxidation sites excluding steroid dienone is 2.